The van der Waals surface area contributed by atoms with Crippen LogP contribution in [0.2, 0.25) is 0 Å². The average molecular weight is 274 g/mol. The molecule has 0 saturated heterocycles. The SMILES string of the molecule is COC(=O)c1cccnc1NC(C)c1cc(C)oc1C. The summed E-state index contributed by atoms with van der Waals surface area (Å²) in [5, 5.41) is 3.22. The van der Waals surface area contributed by atoms with Crippen molar-refractivity contribution in [2.45, 2.75) is 26.8 Å². The smallest absolute Gasteiger partial charge is 0.341 e. The molecule has 0 radical (unpaired) electrons. The first kappa shape index (κ1) is 14.1. The number of hydrogen-bond acceptors (Lipinski definition) is 5. The Morgan fingerprint density at radius 3 is 2.80 bits per heavy atom. The van der Waals surface area contributed by atoms with Crippen molar-refractivity contribution in [2.24, 2.45) is 0 Å². The number of furan rings is 1. The minimum absolute atomic E-state index is 0.0224. The number of nitrogens with one attached hydrogen (secondary N) is 1. The maximum atomic E-state index is 11.7. The van der Waals surface area contributed by atoms with Crippen LogP contribution in [0.5, 0.6) is 0 Å². The predicted octanol–water partition coefficient (Wildman–Crippen LogP) is 3.25. The van der Waals surface area contributed by atoms with Gasteiger partial charge >= 0.3 is 5.97 Å². The molecule has 5 nitrogen and oxygen atoms in total. The number of pyridine rings is 1. The highest BCUT2D eigenvalue weighted by atomic mass is 16.5. The zero-order valence-corrected chi connectivity index (χ0v) is 12.1. The number of nitrogens with zero attached hydrogens (tertiary/aromatic N) is 1. The van der Waals surface area contributed by atoms with E-state index in [0.29, 0.717) is 11.4 Å². The van der Waals surface area contributed by atoms with Crippen molar-refractivity contribution in [2.75, 3.05) is 12.4 Å². The fourth-order valence-electron chi connectivity index (χ4n) is 2.16. The van der Waals surface area contributed by atoms with Gasteiger partial charge in [-0.3, -0.25) is 0 Å². The van der Waals surface area contributed by atoms with Crippen LogP contribution < -0.4 is 5.32 Å². The van der Waals surface area contributed by atoms with Gasteiger partial charge in [0, 0.05) is 11.8 Å². The molecule has 1 unspecified atom stereocenters. The highest BCUT2D eigenvalue weighted by molar-refractivity contribution is 5.94. The third kappa shape index (κ3) is 2.82. The fraction of sp³-hybridized carbons (Fsp3) is 0.333. The average Bonchev–Trinajstić information content (AvgIpc) is 2.77. The summed E-state index contributed by atoms with van der Waals surface area (Å²) >= 11 is 0. The van der Waals surface area contributed by atoms with E-state index in [1.165, 1.54) is 7.11 Å². The molecule has 2 rings (SSSR count). The molecule has 0 spiro atoms. The summed E-state index contributed by atoms with van der Waals surface area (Å²) in [4.78, 5) is 15.9. The predicted molar refractivity (Wildman–Crippen MR) is 75.8 cm³/mol. The van der Waals surface area contributed by atoms with Gasteiger partial charge in [-0.15, -0.1) is 0 Å². The normalized spacial score (nSPS) is 12.0. The minimum Gasteiger partial charge on any atom is -0.466 e. The van der Waals surface area contributed by atoms with Crippen molar-refractivity contribution in [1.29, 1.82) is 0 Å². The largest absolute Gasteiger partial charge is 0.466 e. The number of ether oxygens (including phenoxy) is 1. The molecule has 0 aliphatic carbocycles. The Balaban J connectivity index is 2.26. The van der Waals surface area contributed by atoms with Gasteiger partial charge in [-0.2, -0.15) is 0 Å². The van der Waals surface area contributed by atoms with Gasteiger partial charge in [0.2, 0.25) is 0 Å². The molecule has 0 amide bonds. The van der Waals surface area contributed by atoms with Crippen LogP contribution >= 0.6 is 0 Å². The summed E-state index contributed by atoms with van der Waals surface area (Å²) in [6.45, 7) is 5.82. The first-order valence-electron chi connectivity index (χ1n) is 6.39. The summed E-state index contributed by atoms with van der Waals surface area (Å²) in [7, 11) is 1.35. The molecule has 0 aliphatic heterocycles. The second-order valence-electron chi connectivity index (χ2n) is 4.63. The zero-order chi connectivity index (χ0) is 14.7. The van der Waals surface area contributed by atoms with Crippen LogP contribution in [0, 0.1) is 13.8 Å². The second kappa shape index (κ2) is 5.77. The molecular weight excluding hydrogens is 256 g/mol. The van der Waals surface area contributed by atoms with E-state index < -0.39 is 5.97 Å². The van der Waals surface area contributed by atoms with Gasteiger partial charge in [-0.05, 0) is 39.0 Å². The van der Waals surface area contributed by atoms with Gasteiger partial charge in [-0.1, -0.05) is 0 Å². The van der Waals surface area contributed by atoms with E-state index in [1.807, 2.05) is 26.8 Å². The van der Waals surface area contributed by atoms with Gasteiger partial charge in [0.15, 0.2) is 0 Å². The van der Waals surface area contributed by atoms with E-state index in [2.05, 4.69) is 10.3 Å². The molecule has 20 heavy (non-hydrogen) atoms. The van der Waals surface area contributed by atoms with Crippen LogP contribution in [0.1, 0.15) is 40.4 Å². The quantitative estimate of drug-likeness (QED) is 0.867. The monoisotopic (exact) mass is 274 g/mol. The summed E-state index contributed by atoms with van der Waals surface area (Å²) in [5.41, 5.74) is 1.46. The van der Waals surface area contributed by atoms with Crippen molar-refractivity contribution in [3.63, 3.8) is 0 Å². The first-order valence-corrected chi connectivity index (χ1v) is 6.39. The lowest BCUT2D eigenvalue weighted by molar-refractivity contribution is 0.0601. The van der Waals surface area contributed by atoms with Crippen molar-refractivity contribution < 1.29 is 13.9 Å². The Kier molecular flexibility index (Phi) is 4.08. The lowest BCUT2D eigenvalue weighted by atomic mass is 10.1. The molecule has 106 valence electrons. The number of aromatic nitrogens is 1. The molecule has 0 aliphatic rings. The summed E-state index contributed by atoms with van der Waals surface area (Å²) in [6.07, 6.45) is 1.63. The molecule has 0 saturated carbocycles. The summed E-state index contributed by atoms with van der Waals surface area (Å²) in [6, 6.07) is 5.34. The maximum absolute atomic E-state index is 11.7. The van der Waals surface area contributed by atoms with Crippen LogP contribution in [-0.4, -0.2) is 18.1 Å². The van der Waals surface area contributed by atoms with Gasteiger partial charge in [-0.25, -0.2) is 9.78 Å². The Morgan fingerprint density at radius 2 is 2.20 bits per heavy atom. The lowest BCUT2D eigenvalue weighted by Gasteiger charge is -2.15. The standard InChI is InChI=1S/C15H18N2O3/c1-9-8-13(11(3)20-9)10(2)17-14-12(15(18)19-4)6-5-7-16-14/h5-8,10H,1-4H3,(H,16,17). The minimum atomic E-state index is -0.409. The van der Waals surface area contributed by atoms with Crippen LogP contribution in [0.3, 0.4) is 0 Å². The van der Waals surface area contributed by atoms with Gasteiger partial charge in [0.1, 0.15) is 22.9 Å². The van der Waals surface area contributed by atoms with Crippen molar-refractivity contribution in [1.82, 2.24) is 4.98 Å². The Morgan fingerprint density at radius 1 is 1.45 bits per heavy atom. The number of carbonyl (C=O) groups is 1. The molecule has 2 heterocycles. The Bertz CT molecular complexity index is 619. The zero-order valence-electron chi connectivity index (χ0n) is 12.1. The highest BCUT2D eigenvalue weighted by Crippen LogP contribution is 2.25. The number of anilines is 1. The van der Waals surface area contributed by atoms with Gasteiger partial charge < -0.3 is 14.5 Å². The number of aryl methyl sites for hydroxylation is 2. The third-order valence-electron chi connectivity index (χ3n) is 3.11. The maximum Gasteiger partial charge on any atom is 0.341 e. The second-order valence-corrected chi connectivity index (χ2v) is 4.63. The molecule has 5 heteroatoms. The molecule has 0 aromatic carbocycles. The molecule has 2 aromatic heterocycles. The molecule has 0 bridgehead atoms. The van der Waals surface area contributed by atoms with Crippen molar-refractivity contribution in [3.05, 3.63) is 47.0 Å². The number of hydrogen-bond donors (Lipinski definition) is 1. The highest BCUT2D eigenvalue weighted by Gasteiger charge is 2.17. The summed E-state index contributed by atoms with van der Waals surface area (Å²) < 4.78 is 10.3. The molecule has 1 atom stereocenters. The van der Waals surface area contributed by atoms with E-state index in [-0.39, 0.29) is 6.04 Å². The fourth-order valence-corrected chi connectivity index (χ4v) is 2.16. The number of esters is 1. The first-order chi connectivity index (χ1) is 9.52. The van der Waals surface area contributed by atoms with E-state index in [0.717, 1.165) is 17.1 Å². The van der Waals surface area contributed by atoms with Gasteiger partial charge in [0.05, 0.1) is 13.2 Å². The number of methoxy groups -OCH3 is 1. The van der Waals surface area contributed by atoms with E-state index in [9.17, 15) is 4.79 Å². The van der Waals surface area contributed by atoms with Gasteiger partial charge in [0.25, 0.3) is 0 Å². The van der Waals surface area contributed by atoms with E-state index in [4.69, 9.17) is 9.15 Å². The van der Waals surface area contributed by atoms with Crippen LogP contribution in [0.15, 0.2) is 28.8 Å². The molecule has 0 fully saturated rings. The Hall–Kier alpha value is -2.30. The topological polar surface area (TPSA) is 64.4 Å². The van der Waals surface area contributed by atoms with E-state index >= 15 is 0 Å². The lowest BCUT2D eigenvalue weighted by Crippen LogP contribution is -2.13. The molecular formula is C15H18N2O3. The molecule has 2 aromatic rings. The molecule has 1 N–H and O–H groups in total. The van der Waals surface area contributed by atoms with Crippen molar-refractivity contribution >= 4 is 11.8 Å². The number of carbonyl (C=O) groups excluding carboxylic acids is 1. The third-order valence-corrected chi connectivity index (χ3v) is 3.11. The van der Waals surface area contributed by atoms with Crippen molar-refractivity contribution in [3.8, 4) is 0 Å². The summed E-state index contributed by atoms with van der Waals surface area (Å²) in [5.74, 6) is 1.82. The van der Waals surface area contributed by atoms with Crippen LogP contribution in [-0.2, 0) is 4.74 Å². The van der Waals surface area contributed by atoms with Crippen LogP contribution in [0.4, 0.5) is 5.82 Å². The number of rotatable bonds is 4. The Labute approximate surface area is 118 Å². The van der Waals surface area contributed by atoms with E-state index in [1.54, 1.807) is 18.3 Å². The van der Waals surface area contributed by atoms with Crippen LogP contribution in [0.25, 0.3) is 0 Å².